The maximum Gasteiger partial charge on any atom is 0.223 e. The Morgan fingerprint density at radius 1 is 1.07 bits per heavy atom. The number of anilines is 1. The average molecular weight is 397 g/mol. The van der Waals surface area contributed by atoms with E-state index in [4.69, 9.17) is 4.42 Å². The van der Waals surface area contributed by atoms with Gasteiger partial charge in [-0.1, -0.05) is 0 Å². The van der Waals surface area contributed by atoms with Crippen LogP contribution in [0.4, 0.5) is 5.82 Å². The minimum Gasteiger partial charge on any atom is -0.464 e. The summed E-state index contributed by atoms with van der Waals surface area (Å²) in [5.41, 5.74) is 0.918. The second-order valence-corrected chi connectivity index (χ2v) is 9.08. The number of carbonyl (C=O) groups excluding carboxylic acids is 1. The molecule has 0 atom stereocenters. The van der Waals surface area contributed by atoms with Crippen LogP contribution in [0.2, 0.25) is 0 Å². The third-order valence-electron chi connectivity index (χ3n) is 7.03. The van der Waals surface area contributed by atoms with Gasteiger partial charge >= 0.3 is 0 Å². The number of hydrogen-bond donors (Lipinski definition) is 1. The van der Waals surface area contributed by atoms with Gasteiger partial charge in [0.2, 0.25) is 5.91 Å². The number of carbonyl (C=O) groups is 1. The molecule has 29 heavy (non-hydrogen) atoms. The van der Waals surface area contributed by atoms with Crippen LogP contribution in [0.1, 0.15) is 44.9 Å². The Kier molecular flexibility index (Phi) is 5.44. The molecule has 0 unspecified atom stereocenters. The molecule has 0 radical (unpaired) electrons. The van der Waals surface area contributed by atoms with Crippen molar-refractivity contribution < 1.29 is 9.21 Å². The molecule has 0 bridgehead atoms. The van der Waals surface area contributed by atoms with Gasteiger partial charge in [-0.15, -0.1) is 0 Å². The van der Waals surface area contributed by atoms with E-state index in [0.717, 1.165) is 74.6 Å². The molecule has 3 fully saturated rings. The number of rotatable bonds is 6. The molecule has 156 valence electrons. The van der Waals surface area contributed by atoms with E-state index in [1.807, 2.05) is 18.3 Å². The zero-order valence-electron chi connectivity index (χ0n) is 17.2. The Labute approximate surface area is 172 Å². The lowest BCUT2D eigenvalue weighted by Gasteiger charge is -2.37. The van der Waals surface area contributed by atoms with Crippen molar-refractivity contribution in [1.82, 2.24) is 15.2 Å². The molecule has 5 rings (SSSR count). The fraction of sp³-hybridized carbons (Fsp3) is 0.652. The lowest BCUT2D eigenvalue weighted by molar-refractivity contribution is -0.123. The maximum atomic E-state index is 11.9. The Balaban J connectivity index is 1.04. The van der Waals surface area contributed by atoms with E-state index in [0.29, 0.717) is 17.9 Å². The van der Waals surface area contributed by atoms with E-state index >= 15 is 0 Å². The Bertz CT molecular complexity index is 830. The summed E-state index contributed by atoms with van der Waals surface area (Å²) in [4.78, 5) is 21.5. The van der Waals surface area contributed by atoms with Crippen molar-refractivity contribution in [2.45, 2.75) is 51.0 Å². The van der Waals surface area contributed by atoms with E-state index in [1.54, 1.807) is 6.26 Å². The van der Waals surface area contributed by atoms with Crippen LogP contribution in [0.3, 0.4) is 0 Å². The highest BCUT2D eigenvalue weighted by Crippen LogP contribution is 2.31. The third kappa shape index (κ3) is 4.42. The topological polar surface area (TPSA) is 61.6 Å². The van der Waals surface area contributed by atoms with Crippen LogP contribution >= 0.6 is 0 Å². The van der Waals surface area contributed by atoms with E-state index in [2.05, 4.69) is 20.1 Å². The Hall–Kier alpha value is -2.08. The first-order valence-corrected chi connectivity index (χ1v) is 11.4. The fourth-order valence-corrected chi connectivity index (χ4v) is 4.94. The zero-order chi connectivity index (χ0) is 19.6. The molecule has 2 aromatic heterocycles. The first-order valence-electron chi connectivity index (χ1n) is 11.4. The van der Waals surface area contributed by atoms with Crippen molar-refractivity contribution in [3.05, 3.63) is 24.6 Å². The van der Waals surface area contributed by atoms with Gasteiger partial charge in [-0.25, -0.2) is 4.98 Å². The highest BCUT2D eigenvalue weighted by atomic mass is 16.3. The lowest BCUT2D eigenvalue weighted by Crippen LogP contribution is -2.47. The fourth-order valence-electron chi connectivity index (χ4n) is 4.94. The normalized spacial score (nSPS) is 26.0. The molecule has 2 saturated carbocycles. The van der Waals surface area contributed by atoms with Gasteiger partial charge in [-0.2, -0.15) is 0 Å². The van der Waals surface area contributed by atoms with Crippen molar-refractivity contribution in [2.24, 2.45) is 11.8 Å². The van der Waals surface area contributed by atoms with E-state index in [-0.39, 0.29) is 0 Å². The molecule has 0 aromatic carbocycles. The third-order valence-corrected chi connectivity index (χ3v) is 7.03. The summed E-state index contributed by atoms with van der Waals surface area (Å²) >= 11 is 0. The van der Waals surface area contributed by atoms with Crippen LogP contribution in [0, 0.1) is 11.8 Å². The van der Waals surface area contributed by atoms with Gasteiger partial charge in [-0.3, -0.25) is 9.69 Å². The number of aromatic nitrogens is 1. The summed E-state index contributed by atoms with van der Waals surface area (Å²) < 4.78 is 5.52. The van der Waals surface area contributed by atoms with Crippen LogP contribution in [0.15, 0.2) is 29.0 Å². The van der Waals surface area contributed by atoms with Gasteiger partial charge < -0.3 is 14.6 Å². The van der Waals surface area contributed by atoms with E-state index < -0.39 is 0 Å². The molecule has 1 N–H and O–H groups in total. The zero-order valence-corrected chi connectivity index (χ0v) is 17.2. The maximum absolute atomic E-state index is 11.9. The quantitative estimate of drug-likeness (QED) is 0.811. The summed E-state index contributed by atoms with van der Waals surface area (Å²) in [5, 5.41) is 4.39. The molecule has 6 heteroatoms. The molecule has 2 aliphatic carbocycles. The second-order valence-electron chi connectivity index (χ2n) is 9.08. The summed E-state index contributed by atoms with van der Waals surface area (Å²) in [6, 6.07) is 4.38. The van der Waals surface area contributed by atoms with Crippen molar-refractivity contribution in [3.8, 4) is 0 Å². The molecule has 1 amide bonds. The predicted molar refractivity (Wildman–Crippen MR) is 114 cm³/mol. The highest BCUT2D eigenvalue weighted by molar-refractivity contribution is 5.88. The number of pyridine rings is 1. The van der Waals surface area contributed by atoms with Crippen LogP contribution in [-0.2, 0) is 4.79 Å². The summed E-state index contributed by atoms with van der Waals surface area (Å²) in [5.74, 6) is 2.53. The monoisotopic (exact) mass is 396 g/mol. The molecule has 3 heterocycles. The van der Waals surface area contributed by atoms with Crippen molar-refractivity contribution in [1.29, 1.82) is 0 Å². The lowest BCUT2D eigenvalue weighted by atomic mass is 9.84. The molecular formula is C23H32N4O2. The Morgan fingerprint density at radius 2 is 1.86 bits per heavy atom. The smallest absolute Gasteiger partial charge is 0.223 e. The molecule has 6 nitrogen and oxygen atoms in total. The largest absolute Gasteiger partial charge is 0.464 e. The van der Waals surface area contributed by atoms with Crippen molar-refractivity contribution in [2.75, 3.05) is 37.6 Å². The number of nitrogens with zero attached hydrogens (tertiary/aromatic N) is 3. The second kappa shape index (κ2) is 8.34. The molecule has 1 saturated heterocycles. The van der Waals surface area contributed by atoms with Crippen LogP contribution < -0.4 is 10.2 Å². The van der Waals surface area contributed by atoms with Gasteiger partial charge in [0.25, 0.3) is 0 Å². The van der Waals surface area contributed by atoms with Gasteiger partial charge in [0, 0.05) is 44.3 Å². The van der Waals surface area contributed by atoms with Gasteiger partial charge in [0.05, 0.1) is 11.6 Å². The Morgan fingerprint density at radius 3 is 2.62 bits per heavy atom. The summed E-state index contributed by atoms with van der Waals surface area (Å²) in [7, 11) is 0. The van der Waals surface area contributed by atoms with Gasteiger partial charge in [0.1, 0.15) is 11.4 Å². The standard InChI is InChI=1S/C23H32N4O2/c28-23(18-3-4-18)25-19-5-1-17(2-6-19)8-11-26-12-14-27(15-13-26)22-20-9-16-29-21(20)7-10-24-22/h7,9-10,16-19H,1-6,8,11-15H2,(H,25,28)/t17-,19-. The SMILES string of the molecule is O=C(N[C@H]1CC[C@H](CCN2CCN(c3nccc4occc34)CC2)CC1)C1CC1. The van der Waals surface area contributed by atoms with Gasteiger partial charge in [0.15, 0.2) is 0 Å². The van der Waals surface area contributed by atoms with Crippen LogP contribution in [0.5, 0.6) is 0 Å². The average Bonchev–Trinajstić information content (AvgIpc) is 3.50. The molecule has 0 spiro atoms. The molecule has 2 aromatic rings. The highest BCUT2D eigenvalue weighted by Gasteiger charge is 2.32. The number of nitrogens with one attached hydrogen (secondary N) is 1. The van der Waals surface area contributed by atoms with Crippen LogP contribution in [-0.4, -0.2) is 54.6 Å². The first kappa shape index (κ1) is 18.9. The number of fused-ring (bicyclic) bond motifs is 1. The van der Waals surface area contributed by atoms with Crippen molar-refractivity contribution >= 4 is 22.7 Å². The van der Waals surface area contributed by atoms with E-state index in [9.17, 15) is 4.79 Å². The minimum atomic E-state index is 0.312. The van der Waals surface area contributed by atoms with Crippen molar-refractivity contribution in [3.63, 3.8) is 0 Å². The number of hydrogen-bond acceptors (Lipinski definition) is 5. The van der Waals surface area contributed by atoms with E-state index in [1.165, 1.54) is 25.8 Å². The number of furan rings is 1. The summed E-state index contributed by atoms with van der Waals surface area (Å²) in [6.07, 6.45) is 11.9. The first-order chi connectivity index (χ1) is 14.3. The minimum absolute atomic E-state index is 0.312. The molecular weight excluding hydrogens is 364 g/mol. The number of piperazine rings is 1. The van der Waals surface area contributed by atoms with Crippen LogP contribution in [0.25, 0.3) is 11.0 Å². The number of amides is 1. The van der Waals surface area contributed by atoms with Gasteiger partial charge in [-0.05, 0) is 69.5 Å². The molecule has 3 aliphatic rings. The predicted octanol–water partition coefficient (Wildman–Crippen LogP) is 3.42. The summed E-state index contributed by atoms with van der Waals surface area (Å²) in [6.45, 7) is 5.45. The molecule has 1 aliphatic heterocycles.